The summed E-state index contributed by atoms with van der Waals surface area (Å²) in [5.74, 6) is 0.0284. The number of aromatic amines is 1. The lowest BCUT2D eigenvalue weighted by atomic mass is 10.1. The van der Waals surface area contributed by atoms with Gasteiger partial charge in [-0.15, -0.1) is 0 Å². The van der Waals surface area contributed by atoms with Crippen LogP contribution in [0.4, 0.5) is 0 Å². The van der Waals surface area contributed by atoms with Crippen LogP contribution in [0.15, 0.2) is 59.4 Å². The molecular formula is C20H21N3O2. The minimum absolute atomic E-state index is 0.0284. The average Bonchev–Trinajstić information content (AvgIpc) is 2.65. The van der Waals surface area contributed by atoms with Crippen LogP contribution in [0.5, 0.6) is 0 Å². The fourth-order valence-electron chi connectivity index (χ4n) is 2.80. The van der Waals surface area contributed by atoms with Crippen molar-refractivity contribution < 1.29 is 4.79 Å². The SMILES string of the molecule is CCN(Cc1ccccc1)C(=O)CCc1nc2ccccc2[nH]c1=O. The third kappa shape index (κ3) is 4.12. The number of para-hydroxylation sites is 2. The van der Waals surface area contributed by atoms with Crippen molar-refractivity contribution >= 4 is 16.9 Å². The van der Waals surface area contributed by atoms with E-state index >= 15 is 0 Å². The third-order valence-electron chi connectivity index (χ3n) is 4.20. The Morgan fingerprint density at radius 2 is 1.80 bits per heavy atom. The van der Waals surface area contributed by atoms with Crippen molar-refractivity contribution in [3.63, 3.8) is 0 Å². The summed E-state index contributed by atoms with van der Waals surface area (Å²) in [6.45, 7) is 3.18. The highest BCUT2D eigenvalue weighted by molar-refractivity contribution is 5.77. The molecule has 0 aliphatic rings. The Bertz CT molecular complexity index is 919. The van der Waals surface area contributed by atoms with E-state index in [4.69, 9.17) is 0 Å². The Morgan fingerprint density at radius 1 is 1.08 bits per heavy atom. The molecule has 0 radical (unpaired) electrons. The Kier molecular flexibility index (Phi) is 5.23. The predicted molar refractivity (Wildman–Crippen MR) is 98.2 cm³/mol. The standard InChI is InChI=1S/C20H21N3O2/c1-2-23(14-15-8-4-3-5-9-15)19(24)13-12-18-20(25)22-17-11-7-6-10-16(17)21-18/h3-11H,2,12-14H2,1H3,(H,22,25). The zero-order chi connectivity index (χ0) is 17.6. The molecule has 0 spiro atoms. The van der Waals surface area contributed by atoms with E-state index in [1.165, 1.54) is 0 Å². The zero-order valence-corrected chi connectivity index (χ0v) is 14.2. The number of hydrogen-bond donors (Lipinski definition) is 1. The fraction of sp³-hybridized carbons (Fsp3) is 0.250. The van der Waals surface area contributed by atoms with Gasteiger partial charge in [0, 0.05) is 25.9 Å². The second kappa shape index (κ2) is 7.75. The molecule has 0 saturated heterocycles. The van der Waals surface area contributed by atoms with Crippen molar-refractivity contribution in [2.45, 2.75) is 26.3 Å². The molecule has 2 aromatic carbocycles. The molecule has 0 unspecified atom stereocenters. The van der Waals surface area contributed by atoms with E-state index in [2.05, 4.69) is 9.97 Å². The number of nitrogens with zero attached hydrogens (tertiary/aromatic N) is 2. The molecule has 1 amide bonds. The van der Waals surface area contributed by atoms with Gasteiger partial charge >= 0.3 is 0 Å². The van der Waals surface area contributed by atoms with Gasteiger partial charge in [-0.1, -0.05) is 42.5 Å². The minimum atomic E-state index is -0.224. The van der Waals surface area contributed by atoms with E-state index in [-0.39, 0.29) is 17.9 Å². The van der Waals surface area contributed by atoms with Gasteiger partial charge in [-0.25, -0.2) is 4.98 Å². The van der Waals surface area contributed by atoms with E-state index in [0.717, 1.165) is 11.1 Å². The highest BCUT2D eigenvalue weighted by Crippen LogP contribution is 2.09. The van der Waals surface area contributed by atoms with Gasteiger partial charge < -0.3 is 9.88 Å². The molecule has 25 heavy (non-hydrogen) atoms. The van der Waals surface area contributed by atoms with Crippen molar-refractivity contribution in [1.82, 2.24) is 14.9 Å². The topological polar surface area (TPSA) is 66.1 Å². The number of carbonyl (C=O) groups is 1. The van der Waals surface area contributed by atoms with Crippen LogP contribution in [0.2, 0.25) is 0 Å². The summed E-state index contributed by atoms with van der Waals surface area (Å²) >= 11 is 0. The van der Waals surface area contributed by atoms with Crippen molar-refractivity contribution in [3.05, 3.63) is 76.2 Å². The normalized spacial score (nSPS) is 10.8. The van der Waals surface area contributed by atoms with Crippen LogP contribution in [0.1, 0.15) is 24.6 Å². The first-order chi connectivity index (χ1) is 12.2. The van der Waals surface area contributed by atoms with E-state index < -0.39 is 0 Å². The summed E-state index contributed by atoms with van der Waals surface area (Å²) in [5.41, 5.74) is 2.72. The number of hydrogen-bond acceptors (Lipinski definition) is 3. The number of aryl methyl sites for hydroxylation is 1. The quantitative estimate of drug-likeness (QED) is 0.753. The Labute approximate surface area is 146 Å². The molecule has 3 rings (SSSR count). The maximum atomic E-state index is 12.5. The van der Waals surface area contributed by atoms with Crippen molar-refractivity contribution in [2.75, 3.05) is 6.54 Å². The smallest absolute Gasteiger partial charge is 0.270 e. The maximum Gasteiger partial charge on any atom is 0.270 e. The Hall–Kier alpha value is -2.95. The number of rotatable bonds is 6. The summed E-state index contributed by atoms with van der Waals surface area (Å²) in [4.78, 5) is 33.7. The van der Waals surface area contributed by atoms with E-state index in [1.807, 2.05) is 61.5 Å². The number of aromatic nitrogens is 2. The lowest BCUT2D eigenvalue weighted by molar-refractivity contribution is -0.131. The average molecular weight is 335 g/mol. The summed E-state index contributed by atoms with van der Waals surface area (Å²) in [6.07, 6.45) is 0.611. The molecule has 3 aromatic rings. The summed E-state index contributed by atoms with van der Waals surface area (Å²) < 4.78 is 0. The summed E-state index contributed by atoms with van der Waals surface area (Å²) in [6, 6.07) is 17.3. The largest absolute Gasteiger partial charge is 0.339 e. The molecular weight excluding hydrogens is 314 g/mol. The van der Waals surface area contributed by atoms with Crippen LogP contribution < -0.4 is 5.56 Å². The number of nitrogens with one attached hydrogen (secondary N) is 1. The van der Waals surface area contributed by atoms with Gasteiger partial charge in [0.05, 0.1) is 11.0 Å². The highest BCUT2D eigenvalue weighted by atomic mass is 16.2. The summed E-state index contributed by atoms with van der Waals surface area (Å²) in [7, 11) is 0. The minimum Gasteiger partial charge on any atom is -0.339 e. The highest BCUT2D eigenvalue weighted by Gasteiger charge is 2.14. The van der Waals surface area contributed by atoms with Crippen LogP contribution in [0.25, 0.3) is 11.0 Å². The van der Waals surface area contributed by atoms with Gasteiger partial charge in [-0.3, -0.25) is 9.59 Å². The summed E-state index contributed by atoms with van der Waals surface area (Å²) in [5, 5.41) is 0. The van der Waals surface area contributed by atoms with Crippen LogP contribution in [0.3, 0.4) is 0 Å². The monoisotopic (exact) mass is 335 g/mol. The van der Waals surface area contributed by atoms with Crippen molar-refractivity contribution in [3.8, 4) is 0 Å². The molecule has 5 nitrogen and oxygen atoms in total. The van der Waals surface area contributed by atoms with Crippen LogP contribution >= 0.6 is 0 Å². The van der Waals surface area contributed by atoms with Gasteiger partial charge in [0.2, 0.25) is 5.91 Å². The molecule has 0 fully saturated rings. The number of H-pyrrole nitrogens is 1. The first-order valence-corrected chi connectivity index (χ1v) is 8.47. The number of amides is 1. The zero-order valence-electron chi connectivity index (χ0n) is 14.2. The molecule has 1 heterocycles. The van der Waals surface area contributed by atoms with Gasteiger partial charge in [-0.05, 0) is 24.6 Å². The lowest BCUT2D eigenvalue weighted by Gasteiger charge is -2.21. The van der Waals surface area contributed by atoms with E-state index in [0.29, 0.717) is 30.7 Å². The third-order valence-corrected chi connectivity index (χ3v) is 4.20. The molecule has 0 atom stereocenters. The molecule has 128 valence electrons. The molecule has 5 heteroatoms. The Balaban J connectivity index is 1.68. The molecule has 0 aliphatic heterocycles. The van der Waals surface area contributed by atoms with Crippen molar-refractivity contribution in [2.24, 2.45) is 0 Å². The van der Waals surface area contributed by atoms with Crippen molar-refractivity contribution in [1.29, 1.82) is 0 Å². The van der Waals surface area contributed by atoms with Gasteiger partial charge in [0.25, 0.3) is 5.56 Å². The van der Waals surface area contributed by atoms with Crippen LogP contribution in [-0.4, -0.2) is 27.3 Å². The molecule has 0 saturated carbocycles. The lowest BCUT2D eigenvalue weighted by Crippen LogP contribution is -2.31. The number of benzene rings is 2. The first-order valence-electron chi connectivity index (χ1n) is 8.47. The van der Waals surface area contributed by atoms with Gasteiger partial charge in [0.1, 0.15) is 5.69 Å². The second-order valence-corrected chi connectivity index (χ2v) is 5.92. The first kappa shape index (κ1) is 16.9. The molecule has 1 N–H and O–H groups in total. The second-order valence-electron chi connectivity index (χ2n) is 5.92. The number of carbonyl (C=O) groups excluding carboxylic acids is 1. The van der Waals surface area contributed by atoms with Gasteiger partial charge in [0.15, 0.2) is 0 Å². The van der Waals surface area contributed by atoms with E-state index in [9.17, 15) is 9.59 Å². The fourth-order valence-corrected chi connectivity index (χ4v) is 2.80. The molecule has 0 bridgehead atoms. The molecule has 1 aromatic heterocycles. The maximum absolute atomic E-state index is 12.5. The number of fused-ring (bicyclic) bond motifs is 1. The predicted octanol–water partition coefficient (Wildman–Crippen LogP) is 2.90. The Morgan fingerprint density at radius 3 is 2.56 bits per heavy atom. The molecule has 0 aliphatic carbocycles. The van der Waals surface area contributed by atoms with E-state index in [1.54, 1.807) is 4.90 Å². The van der Waals surface area contributed by atoms with Crippen LogP contribution in [0, 0.1) is 0 Å². The van der Waals surface area contributed by atoms with Gasteiger partial charge in [-0.2, -0.15) is 0 Å². The van der Waals surface area contributed by atoms with Crippen LogP contribution in [-0.2, 0) is 17.8 Å².